The minimum absolute atomic E-state index is 0.268. The minimum atomic E-state index is 0.268. The zero-order valence-corrected chi connectivity index (χ0v) is 14.1. The maximum atomic E-state index is 6.31. The summed E-state index contributed by atoms with van der Waals surface area (Å²) in [5.74, 6) is 0.484. The van der Waals surface area contributed by atoms with E-state index in [2.05, 4.69) is 34.8 Å². The van der Waals surface area contributed by atoms with Gasteiger partial charge < -0.3 is 5.32 Å². The molecule has 1 rings (SSSR count). The second kappa shape index (κ2) is 7.59. The van der Waals surface area contributed by atoms with Gasteiger partial charge in [0.1, 0.15) is 5.15 Å². The second-order valence-electron chi connectivity index (χ2n) is 5.36. The maximum absolute atomic E-state index is 6.31. The van der Waals surface area contributed by atoms with Gasteiger partial charge in [0, 0.05) is 12.6 Å². The van der Waals surface area contributed by atoms with Crippen LogP contribution in [0.3, 0.4) is 0 Å². The molecule has 0 amide bonds. The van der Waals surface area contributed by atoms with E-state index in [9.17, 15) is 0 Å². The molecule has 1 aromatic rings. The highest BCUT2D eigenvalue weighted by Crippen LogP contribution is 2.18. The van der Waals surface area contributed by atoms with Gasteiger partial charge in [-0.15, -0.1) is 0 Å². The summed E-state index contributed by atoms with van der Waals surface area (Å²) in [6.07, 6.45) is 1.65. The number of halogens is 1. The molecule has 0 atom stereocenters. The lowest BCUT2D eigenvalue weighted by Gasteiger charge is -2.09. The van der Waals surface area contributed by atoms with Crippen molar-refractivity contribution in [1.82, 2.24) is 20.5 Å². The van der Waals surface area contributed by atoms with Crippen LogP contribution in [0.4, 0.5) is 0 Å². The lowest BCUT2D eigenvalue weighted by atomic mass is 10.2. The molecule has 0 aliphatic carbocycles. The van der Waals surface area contributed by atoms with Crippen molar-refractivity contribution >= 4 is 35.1 Å². The topological polar surface area (TPSA) is 54.2 Å². The summed E-state index contributed by atoms with van der Waals surface area (Å²) in [6, 6.07) is 0.268. The molecule has 112 valence electrons. The Hall–Kier alpha value is -1.14. The lowest BCUT2D eigenvalue weighted by molar-refractivity contribution is 0.482. The third-order valence-corrected chi connectivity index (χ3v) is 3.03. The number of nitrogens with one attached hydrogen (secondary N) is 2. The Balaban J connectivity index is 2.72. The summed E-state index contributed by atoms with van der Waals surface area (Å²) in [5, 5.41) is 12.6. The van der Waals surface area contributed by atoms with E-state index in [1.54, 1.807) is 10.9 Å². The molecule has 0 unspecified atom stereocenters. The summed E-state index contributed by atoms with van der Waals surface area (Å²) in [5.41, 5.74) is 4.42. The van der Waals surface area contributed by atoms with Crippen LogP contribution < -0.4 is 10.7 Å². The SMILES string of the molecule is Cc1nn(CC(C)C)c(Cl)c1/C=N\NC(=S)NC(C)C. The van der Waals surface area contributed by atoms with E-state index in [1.165, 1.54) is 0 Å². The average molecular weight is 316 g/mol. The molecule has 5 nitrogen and oxygen atoms in total. The number of rotatable bonds is 5. The molecule has 2 N–H and O–H groups in total. The van der Waals surface area contributed by atoms with Crippen LogP contribution in [0.2, 0.25) is 5.15 Å². The highest BCUT2D eigenvalue weighted by molar-refractivity contribution is 7.80. The fraction of sp³-hybridized carbons (Fsp3) is 0.615. The quantitative estimate of drug-likeness (QED) is 0.498. The van der Waals surface area contributed by atoms with Gasteiger partial charge in [-0.05, 0) is 38.9 Å². The number of hydrogen-bond acceptors (Lipinski definition) is 3. The number of hydrazone groups is 1. The fourth-order valence-corrected chi connectivity index (χ4v) is 2.21. The molecule has 7 heteroatoms. The molecule has 0 saturated carbocycles. The Labute approximate surface area is 130 Å². The van der Waals surface area contributed by atoms with Crippen LogP contribution in [0.5, 0.6) is 0 Å². The maximum Gasteiger partial charge on any atom is 0.187 e. The van der Waals surface area contributed by atoms with E-state index in [-0.39, 0.29) is 6.04 Å². The van der Waals surface area contributed by atoms with Crippen molar-refractivity contribution in [1.29, 1.82) is 0 Å². The molecule has 0 aliphatic heterocycles. The monoisotopic (exact) mass is 315 g/mol. The fourth-order valence-electron chi connectivity index (χ4n) is 1.63. The Bertz CT molecular complexity index is 493. The van der Waals surface area contributed by atoms with Crippen molar-refractivity contribution in [3.63, 3.8) is 0 Å². The van der Waals surface area contributed by atoms with Gasteiger partial charge in [-0.1, -0.05) is 25.4 Å². The van der Waals surface area contributed by atoms with Crippen LogP contribution in [0.25, 0.3) is 0 Å². The Kier molecular flexibility index (Phi) is 6.42. The molecular formula is C13H22ClN5S. The van der Waals surface area contributed by atoms with Gasteiger partial charge in [0.05, 0.1) is 17.5 Å². The van der Waals surface area contributed by atoms with E-state index >= 15 is 0 Å². The Morgan fingerprint density at radius 1 is 1.45 bits per heavy atom. The smallest absolute Gasteiger partial charge is 0.187 e. The first-order valence-electron chi connectivity index (χ1n) is 6.63. The summed E-state index contributed by atoms with van der Waals surface area (Å²) in [6.45, 7) is 11.0. The predicted octanol–water partition coefficient (Wildman–Crippen LogP) is 2.71. The molecule has 20 heavy (non-hydrogen) atoms. The Morgan fingerprint density at radius 2 is 2.10 bits per heavy atom. The van der Waals surface area contributed by atoms with Crippen LogP contribution in [-0.2, 0) is 6.54 Å². The highest BCUT2D eigenvalue weighted by Gasteiger charge is 2.12. The summed E-state index contributed by atoms with van der Waals surface area (Å²) < 4.78 is 1.80. The highest BCUT2D eigenvalue weighted by atomic mass is 35.5. The van der Waals surface area contributed by atoms with E-state index in [0.29, 0.717) is 16.2 Å². The molecule has 0 saturated heterocycles. The number of thiocarbonyl (C=S) groups is 1. The lowest BCUT2D eigenvalue weighted by Crippen LogP contribution is -2.36. The minimum Gasteiger partial charge on any atom is -0.359 e. The van der Waals surface area contributed by atoms with Gasteiger partial charge in [0.15, 0.2) is 5.11 Å². The first-order valence-corrected chi connectivity index (χ1v) is 7.42. The number of nitrogens with zero attached hydrogens (tertiary/aromatic N) is 3. The first-order chi connectivity index (χ1) is 9.31. The van der Waals surface area contributed by atoms with Crippen LogP contribution in [0, 0.1) is 12.8 Å². The number of aromatic nitrogens is 2. The van der Waals surface area contributed by atoms with Crippen LogP contribution in [-0.4, -0.2) is 27.1 Å². The molecule has 0 radical (unpaired) electrons. The van der Waals surface area contributed by atoms with Crippen molar-refractivity contribution in [3.8, 4) is 0 Å². The molecular weight excluding hydrogens is 294 g/mol. The van der Waals surface area contributed by atoms with E-state index in [1.807, 2.05) is 20.8 Å². The third kappa shape index (κ3) is 5.09. The van der Waals surface area contributed by atoms with Crippen molar-refractivity contribution in [2.24, 2.45) is 11.0 Å². The average Bonchev–Trinajstić information content (AvgIpc) is 2.54. The molecule has 0 aliphatic rings. The van der Waals surface area contributed by atoms with Crippen molar-refractivity contribution in [2.45, 2.75) is 47.2 Å². The summed E-state index contributed by atoms with van der Waals surface area (Å²) >= 11 is 11.4. The van der Waals surface area contributed by atoms with Gasteiger partial charge in [-0.25, -0.2) is 0 Å². The second-order valence-corrected chi connectivity index (χ2v) is 6.13. The number of aryl methyl sites for hydroxylation is 1. The van der Waals surface area contributed by atoms with E-state index in [0.717, 1.165) is 17.8 Å². The van der Waals surface area contributed by atoms with Gasteiger partial charge in [0.25, 0.3) is 0 Å². The van der Waals surface area contributed by atoms with E-state index in [4.69, 9.17) is 23.8 Å². The van der Waals surface area contributed by atoms with Crippen LogP contribution in [0.15, 0.2) is 5.10 Å². The third-order valence-electron chi connectivity index (χ3n) is 2.43. The molecule has 1 heterocycles. The van der Waals surface area contributed by atoms with Gasteiger partial charge in [0.2, 0.25) is 0 Å². The zero-order chi connectivity index (χ0) is 15.3. The molecule has 0 fully saturated rings. The summed E-state index contributed by atoms with van der Waals surface area (Å²) in [7, 11) is 0. The standard InChI is InChI=1S/C13H22ClN5S/c1-8(2)7-19-12(14)11(10(5)18-19)6-15-17-13(20)16-9(3)4/h6,8-9H,7H2,1-5H3,(H2,16,17,20)/b15-6-. The molecule has 0 bridgehead atoms. The molecule has 1 aromatic heterocycles. The van der Waals surface area contributed by atoms with Crippen LogP contribution in [0.1, 0.15) is 39.0 Å². The zero-order valence-electron chi connectivity index (χ0n) is 12.6. The van der Waals surface area contributed by atoms with Gasteiger partial charge in [-0.3, -0.25) is 10.1 Å². The van der Waals surface area contributed by atoms with Crippen LogP contribution >= 0.6 is 23.8 Å². The number of hydrogen-bond donors (Lipinski definition) is 2. The van der Waals surface area contributed by atoms with Crippen molar-refractivity contribution in [3.05, 3.63) is 16.4 Å². The largest absolute Gasteiger partial charge is 0.359 e. The predicted molar refractivity (Wildman–Crippen MR) is 88.4 cm³/mol. The van der Waals surface area contributed by atoms with Gasteiger partial charge in [-0.2, -0.15) is 10.2 Å². The summed E-state index contributed by atoms with van der Waals surface area (Å²) in [4.78, 5) is 0. The van der Waals surface area contributed by atoms with Gasteiger partial charge >= 0.3 is 0 Å². The van der Waals surface area contributed by atoms with Crippen molar-refractivity contribution in [2.75, 3.05) is 0 Å². The Morgan fingerprint density at radius 3 is 2.65 bits per heavy atom. The van der Waals surface area contributed by atoms with E-state index < -0.39 is 0 Å². The molecule has 0 aromatic carbocycles. The normalized spacial score (nSPS) is 11.6. The van der Waals surface area contributed by atoms with Crippen molar-refractivity contribution < 1.29 is 0 Å². The molecule has 0 spiro atoms. The first kappa shape index (κ1) is 16.9.